The van der Waals surface area contributed by atoms with Gasteiger partial charge in [-0.2, -0.15) is 0 Å². The lowest BCUT2D eigenvalue weighted by atomic mass is 9.88. The number of rotatable bonds is 6. The number of H-pyrrole nitrogens is 1. The van der Waals surface area contributed by atoms with Crippen molar-refractivity contribution in [2.75, 3.05) is 13.7 Å². The number of methoxy groups -OCH3 is 1. The molecule has 0 saturated carbocycles. The van der Waals surface area contributed by atoms with Crippen molar-refractivity contribution in [3.05, 3.63) is 70.8 Å². The monoisotopic (exact) mass is 432 g/mol. The molecular formula is C25H25FN4O2. The smallest absolute Gasteiger partial charge is 0.231 e. The summed E-state index contributed by atoms with van der Waals surface area (Å²) in [5, 5.41) is 5.59. The Balaban J connectivity index is 1.68. The van der Waals surface area contributed by atoms with E-state index in [4.69, 9.17) is 15.5 Å². The van der Waals surface area contributed by atoms with Crippen LogP contribution in [0.5, 0.6) is 5.75 Å². The maximum atomic E-state index is 14.3. The Kier molecular flexibility index (Phi) is 5.27. The van der Waals surface area contributed by atoms with Gasteiger partial charge in [-0.25, -0.2) is 4.39 Å². The molecule has 0 fully saturated rings. The maximum absolute atomic E-state index is 14.3. The summed E-state index contributed by atoms with van der Waals surface area (Å²) in [6, 6.07) is 13.2. The largest absolute Gasteiger partial charge is 0.494 e. The van der Waals surface area contributed by atoms with Gasteiger partial charge in [0.25, 0.3) is 0 Å². The van der Waals surface area contributed by atoms with Crippen molar-refractivity contribution in [3.63, 3.8) is 0 Å². The van der Waals surface area contributed by atoms with Crippen LogP contribution in [0.4, 0.5) is 4.39 Å². The third-order valence-corrected chi connectivity index (χ3v) is 6.22. The van der Waals surface area contributed by atoms with Crippen LogP contribution < -0.4 is 15.8 Å². The van der Waals surface area contributed by atoms with Gasteiger partial charge in [0.15, 0.2) is 11.6 Å². The third-order valence-electron chi connectivity index (χ3n) is 6.22. The summed E-state index contributed by atoms with van der Waals surface area (Å²) in [6.07, 6.45) is 3.29. The molecule has 0 aliphatic heterocycles. The number of aromatic nitrogens is 2. The molecule has 5 rings (SSSR count). The van der Waals surface area contributed by atoms with E-state index >= 15 is 0 Å². The quantitative estimate of drug-likeness (QED) is 0.431. The minimum Gasteiger partial charge on any atom is -0.494 e. The van der Waals surface area contributed by atoms with Crippen molar-refractivity contribution >= 4 is 27.7 Å². The zero-order valence-electron chi connectivity index (χ0n) is 17.9. The van der Waals surface area contributed by atoms with Gasteiger partial charge >= 0.3 is 0 Å². The summed E-state index contributed by atoms with van der Waals surface area (Å²) in [5.41, 5.74) is 11.2. The normalized spacial score (nSPS) is 15.8. The van der Waals surface area contributed by atoms with Crippen molar-refractivity contribution in [1.82, 2.24) is 15.3 Å². The number of halogens is 1. The predicted molar refractivity (Wildman–Crippen MR) is 122 cm³/mol. The van der Waals surface area contributed by atoms with Crippen LogP contribution in [0.3, 0.4) is 0 Å². The summed E-state index contributed by atoms with van der Waals surface area (Å²) in [4.78, 5) is 20.0. The van der Waals surface area contributed by atoms with Gasteiger partial charge < -0.3 is 20.8 Å². The highest BCUT2D eigenvalue weighted by molar-refractivity contribution is 6.10. The Bertz CT molecular complexity index is 1330. The van der Waals surface area contributed by atoms with Gasteiger partial charge in [0.2, 0.25) is 5.91 Å². The Hall–Kier alpha value is -3.45. The molecule has 7 heteroatoms. The second-order valence-corrected chi connectivity index (χ2v) is 8.28. The number of pyridine rings is 1. The number of carbonyl (C=O) groups is 1. The first-order chi connectivity index (χ1) is 15.5. The molecule has 1 amide bonds. The van der Waals surface area contributed by atoms with Crippen LogP contribution in [0.25, 0.3) is 21.8 Å². The van der Waals surface area contributed by atoms with Gasteiger partial charge in [-0.1, -0.05) is 24.3 Å². The number of hydrogen-bond donors (Lipinski definition) is 3. The Morgan fingerprint density at radius 2 is 2.16 bits per heavy atom. The van der Waals surface area contributed by atoms with E-state index in [2.05, 4.69) is 22.4 Å². The van der Waals surface area contributed by atoms with Crippen molar-refractivity contribution in [2.45, 2.75) is 31.7 Å². The van der Waals surface area contributed by atoms with Gasteiger partial charge in [-0.15, -0.1) is 0 Å². The van der Waals surface area contributed by atoms with E-state index in [1.807, 2.05) is 18.2 Å². The van der Waals surface area contributed by atoms with Crippen molar-refractivity contribution < 1.29 is 13.9 Å². The first-order valence-corrected chi connectivity index (χ1v) is 10.8. The zero-order valence-corrected chi connectivity index (χ0v) is 17.9. The van der Waals surface area contributed by atoms with Crippen molar-refractivity contribution in [3.8, 4) is 5.75 Å². The lowest BCUT2D eigenvalue weighted by Gasteiger charge is -2.27. The molecule has 1 aliphatic carbocycles. The molecular weight excluding hydrogens is 407 g/mol. The van der Waals surface area contributed by atoms with E-state index in [9.17, 15) is 9.18 Å². The zero-order chi connectivity index (χ0) is 22.2. The molecule has 1 unspecified atom stereocenters. The SMILES string of the molecule is COc1ccc(Cc2nc3c(c4c2[nH]c2ccccc24)CCCC3NCC(N)=O)cc1F. The Morgan fingerprint density at radius 1 is 1.31 bits per heavy atom. The number of nitrogens with two attached hydrogens (primary N) is 1. The van der Waals surface area contributed by atoms with Gasteiger partial charge in [0.1, 0.15) is 0 Å². The van der Waals surface area contributed by atoms with Crippen molar-refractivity contribution in [2.24, 2.45) is 5.73 Å². The lowest BCUT2D eigenvalue weighted by molar-refractivity contribution is -0.117. The van der Waals surface area contributed by atoms with E-state index in [1.165, 1.54) is 24.1 Å². The first-order valence-electron chi connectivity index (χ1n) is 10.8. The van der Waals surface area contributed by atoms with E-state index < -0.39 is 5.82 Å². The van der Waals surface area contributed by atoms with E-state index in [1.54, 1.807) is 6.07 Å². The number of para-hydroxylation sites is 1. The van der Waals surface area contributed by atoms with Crippen LogP contribution in [0.2, 0.25) is 0 Å². The summed E-state index contributed by atoms with van der Waals surface area (Å²) in [6.45, 7) is 0.108. The standard InChI is InChI=1S/C25H25FN4O2/c1-32-21-10-9-14(11-17(21)26)12-20-25-23(15-5-2-3-7-18(15)29-25)16-6-4-8-19(24(16)30-20)28-13-22(27)31/h2-3,5,7,9-11,19,28-29H,4,6,8,12-13H2,1H3,(H2,27,31). The molecule has 2 aromatic heterocycles. The van der Waals surface area contributed by atoms with E-state index in [-0.39, 0.29) is 24.2 Å². The fourth-order valence-electron chi connectivity index (χ4n) is 4.79. The first kappa shape index (κ1) is 20.5. The second-order valence-electron chi connectivity index (χ2n) is 8.28. The van der Waals surface area contributed by atoms with E-state index in [0.29, 0.717) is 6.42 Å². The molecule has 4 aromatic rings. The van der Waals surface area contributed by atoms with Crippen LogP contribution in [-0.2, 0) is 17.6 Å². The molecule has 0 bridgehead atoms. The fraction of sp³-hybridized carbons (Fsp3) is 0.280. The van der Waals surface area contributed by atoms with Crippen LogP contribution >= 0.6 is 0 Å². The molecule has 4 N–H and O–H groups in total. The molecule has 0 radical (unpaired) electrons. The number of hydrogen-bond acceptors (Lipinski definition) is 4. The van der Waals surface area contributed by atoms with Gasteiger partial charge in [0.05, 0.1) is 36.6 Å². The van der Waals surface area contributed by atoms with Crippen molar-refractivity contribution in [1.29, 1.82) is 0 Å². The highest BCUT2D eigenvalue weighted by atomic mass is 19.1. The Morgan fingerprint density at radius 3 is 2.94 bits per heavy atom. The molecule has 0 saturated heterocycles. The number of nitrogens with one attached hydrogen (secondary N) is 2. The molecule has 2 heterocycles. The van der Waals surface area contributed by atoms with Crippen LogP contribution in [0.1, 0.15) is 41.4 Å². The van der Waals surface area contributed by atoms with Crippen LogP contribution in [0, 0.1) is 5.82 Å². The molecule has 1 aliphatic rings. The number of fused-ring (bicyclic) bond motifs is 5. The number of primary amides is 1. The number of ether oxygens (including phenoxy) is 1. The minimum atomic E-state index is -0.392. The highest BCUT2D eigenvalue weighted by Crippen LogP contribution is 2.38. The number of aryl methyl sites for hydroxylation is 1. The molecule has 2 aromatic carbocycles. The summed E-state index contributed by atoms with van der Waals surface area (Å²) in [7, 11) is 1.45. The summed E-state index contributed by atoms with van der Waals surface area (Å²) in [5.74, 6) is -0.560. The third kappa shape index (κ3) is 3.58. The lowest BCUT2D eigenvalue weighted by Crippen LogP contribution is -2.34. The van der Waals surface area contributed by atoms with E-state index in [0.717, 1.165) is 52.6 Å². The minimum absolute atomic E-state index is 0.0457. The maximum Gasteiger partial charge on any atom is 0.231 e. The highest BCUT2D eigenvalue weighted by Gasteiger charge is 2.27. The molecule has 1 atom stereocenters. The van der Waals surface area contributed by atoms with Crippen LogP contribution in [0.15, 0.2) is 42.5 Å². The van der Waals surface area contributed by atoms with Gasteiger partial charge in [-0.05, 0) is 48.6 Å². The average molecular weight is 432 g/mol. The molecule has 0 spiro atoms. The summed E-state index contributed by atoms with van der Waals surface area (Å²) < 4.78 is 19.4. The molecule has 164 valence electrons. The topological polar surface area (TPSA) is 93.0 Å². The number of carbonyl (C=O) groups excluding carboxylic acids is 1. The number of nitrogens with zero attached hydrogens (tertiary/aromatic N) is 1. The number of amides is 1. The average Bonchev–Trinajstić information content (AvgIpc) is 3.18. The fourth-order valence-corrected chi connectivity index (χ4v) is 4.79. The molecule has 32 heavy (non-hydrogen) atoms. The van der Waals surface area contributed by atoms with Crippen LogP contribution in [-0.4, -0.2) is 29.5 Å². The number of benzene rings is 2. The Labute approximate surface area is 185 Å². The second kappa shape index (κ2) is 8.24. The van der Waals surface area contributed by atoms with Gasteiger partial charge in [0, 0.05) is 22.7 Å². The van der Waals surface area contributed by atoms with Gasteiger partial charge in [-0.3, -0.25) is 9.78 Å². The summed E-state index contributed by atoms with van der Waals surface area (Å²) >= 11 is 0. The number of aromatic amines is 1. The predicted octanol–water partition coefficient (Wildman–Crippen LogP) is 3.91. The molecule has 6 nitrogen and oxygen atoms in total.